The Morgan fingerprint density at radius 1 is 0.750 bits per heavy atom. The van der Waals surface area contributed by atoms with E-state index in [0.29, 0.717) is 0 Å². The van der Waals surface area contributed by atoms with Gasteiger partial charge >= 0.3 is 5.97 Å². The van der Waals surface area contributed by atoms with Crippen LogP contribution in [0.3, 0.4) is 0 Å². The third kappa shape index (κ3) is 3.84. The van der Waals surface area contributed by atoms with E-state index in [-0.39, 0.29) is 0 Å². The maximum absolute atomic E-state index is 12.1. The highest BCUT2D eigenvalue weighted by Gasteiger charge is 2.44. The zero-order valence-corrected chi connectivity index (χ0v) is 16.0. The molecule has 0 unspecified atom stereocenters. The van der Waals surface area contributed by atoms with Crippen molar-refractivity contribution in [3.63, 3.8) is 0 Å². The molecule has 0 aliphatic rings. The first-order valence-electron chi connectivity index (χ1n) is 9.25. The van der Waals surface area contributed by atoms with E-state index in [1.165, 1.54) is 13.8 Å². The summed E-state index contributed by atoms with van der Waals surface area (Å²) in [4.78, 5) is 12.1. The van der Waals surface area contributed by atoms with Gasteiger partial charge in [0.1, 0.15) is 6.04 Å². The van der Waals surface area contributed by atoms with Gasteiger partial charge in [-0.2, -0.15) is 0 Å². The number of nitrogens with one attached hydrogen (secondary N) is 1. The number of carboxylic acid groups (broad SMARTS) is 1. The van der Waals surface area contributed by atoms with Crippen LogP contribution in [0.1, 0.15) is 30.5 Å². The molecule has 28 heavy (non-hydrogen) atoms. The summed E-state index contributed by atoms with van der Waals surface area (Å²) in [5, 5.41) is 23.8. The lowest BCUT2D eigenvalue weighted by molar-refractivity contribution is -0.146. The summed E-state index contributed by atoms with van der Waals surface area (Å²) in [6.07, 6.45) is 0. The molecule has 3 N–H and O–H groups in total. The van der Waals surface area contributed by atoms with Crippen LogP contribution < -0.4 is 5.32 Å². The average molecular weight is 375 g/mol. The quantitative estimate of drug-likeness (QED) is 0.550. The molecule has 0 aliphatic carbocycles. The summed E-state index contributed by atoms with van der Waals surface area (Å²) in [5.74, 6) is -1.11. The number of hydrogen-bond donors (Lipinski definition) is 3. The molecule has 0 heterocycles. The van der Waals surface area contributed by atoms with Crippen molar-refractivity contribution in [3.05, 3.63) is 108 Å². The van der Waals surface area contributed by atoms with Gasteiger partial charge in [0.2, 0.25) is 0 Å². The maximum Gasteiger partial charge on any atom is 0.323 e. The van der Waals surface area contributed by atoms with Gasteiger partial charge in [-0.15, -0.1) is 0 Å². The van der Waals surface area contributed by atoms with Crippen molar-refractivity contribution in [2.45, 2.75) is 31.0 Å². The second kappa shape index (κ2) is 7.97. The van der Waals surface area contributed by atoms with Crippen molar-refractivity contribution in [1.82, 2.24) is 5.32 Å². The molecule has 0 aliphatic heterocycles. The number of carboxylic acids is 1. The van der Waals surface area contributed by atoms with E-state index < -0.39 is 23.2 Å². The molecule has 1 atom stereocenters. The van der Waals surface area contributed by atoms with Gasteiger partial charge in [0.05, 0.1) is 11.1 Å². The first-order chi connectivity index (χ1) is 13.4. The van der Waals surface area contributed by atoms with Gasteiger partial charge in [0.15, 0.2) is 0 Å². The van der Waals surface area contributed by atoms with Crippen LogP contribution in [0.15, 0.2) is 91.0 Å². The molecule has 0 spiro atoms. The lowest BCUT2D eigenvalue weighted by atomic mass is 9.75. The van der Waals surface area contributed by atoms with E-state index in [1.807, 2.05) is 91.0 Å². The Labute approximate surface area is 165 Å². The Bertz CT molecular complexity index is 806. The molecule has 0 fully saturated rings. The number of aliphatic hydroxyl groups is 1. The third-order valence-corrected chi connectivity index (χ3v) is 4.93. The van der Waals surface area contributed by atoms with Gasteiger partial charge < -0.3 is 10.2 Å². The Morgan fingerprint density at radius 3 is 1.32 bits per heavy atom. The summed E-state index contributed by atoms with van der Waals surface area (Å²) >= 11 is 0. The minimum atomic E-state index is -1.48. The van der Waals surface area contributed by atoms with E-state index in [0.717, 1.165) is 16.7 Å². The molecule has 0 bridgehead atoms. The van der Waals surface area contributed by atoms with Crippen molar-refractivity contribution in [2.24, 2.45) is 0 Å². The van der Waals surface area contributed by atoms with E-state index in [9.17, 15) is 15.0 Å². The first-order valence-corrected chi connectivity index (χ1v) is 9.25. The summed E-state index contributed by atoms with van der Waals surface area (Å²) < 4.78 is 0. The summed E-state index contributed by atoms with van der Waals surface area (Å²) in [6, 6.07) is 28.0. The van der Waals surface area contributed by atoms with Crippen molar-refractivity contribution < 1.29 is 15.0 Å². The van der Waals surface area contributed by atoms with Gasteiger partial charge in [-0.1, -0.05) is 91.0 Å². The summed E-state index contributed by atoms with van der Waals surface area (Å²) in [6.45, 7) is 3.01. The fraction of sp³-hybridized carbons (Fsp3) is 0.208. The number of aliphatic carboxylic acids is 1. The minimum Gasteiger partial charge on any atom is -0.480 e. The molecule has 4 heteroatoms. The van der Waals surface area contributed by atoms with Crippen LogP contribution in [0.5, 0.6) is 0 Å². The highest BCUT2D eigenvalue weighted by molar-refractivity contribution is 5.75. The predicted molar refractivity (Wildman–Crippen MR) is 110 cm³/mol. The average Bonchev–Trinajstić information content (AvgIpc) is 2.70. The SMILES string of the molecule is CC(C)(O)[C@H](NC(c1ccccc1)(c1ccccc1)c1ccccc1)C(=O)O. The number of carbonyl (C=O) groups is 1. The highest BCUT2D eigenvalue weighted by Crippen LogP contribution is 2.38. The Kier molecular flexibility index (Phi) is 5.63. The number of hydrogen-bond acceptors (Lipinski definition) is 3. The molecule has 0 saturated carbocycles. The number of benzene rings is 3. The van der Waals surface area contributed by atoms with Crippen LogP contribution in [0, 0.1) is 0 Å². The van der Waals surface area contributed by atoms with Crippen LogP contribution in [-0.4, -0.2) is 27.8 Å². The largest absolute Gasteiger partial charge is 0.480 e. The minimum absolute atomic E-state index is 0.892. The second-order valence-electron chi connectivity index (χ2n) is 7.42. The zero-order chi connectivity index (χ0) is 20.2. The van der Waals surface area contributed by atoms with Crippen LogP contribution in [0.4, 0.5) is 0 Å². The van der Waals surface area contributed by atoms with Crippen molar-refractivity contribution in [3.8, 4) is 0 Å². The monoisotopic (exact) mass is 375 g/mol. The molecule has 0 saturated heterocycles. The Balaban J connectivity index is 2.33. The lowest BCUT2D eigenvalue weighted by Crippen LogP contribution is -2.60. The van der Waals surface area contributed by atoms with E-state index in [1.54, 1.807) is 0 Å². The third-order valence-electron chi connectivity index (χ3n) is 4.93. The molecular formula is C24H25NO3. The van der Waals surface area contributed by atoms with E-state index in [4.69, 9.17) is 0 Å². The molecule has 0 aromatic heterocycles. The standard InChI is InChI=1S/C24H25NO3/c1-23(2,28)21(22(26)27)25-24(18-12-6-3-7-13-18,19-14-8-4-9-15-19)20-16-10-5-11-17-20/h3-17,21,25,28H,1-2H3,(H,26,27)/t21-/m1/s1. The van der Waals surface area contributed by atoms with Gasteiger partial charge in [-0.3, -0.25) is 10.1 Å². The maximum atomic E-state index is 12.1. The van der Waals surface area contributed by atoms with Gasteiger partial charge in [-0.05, 0) is 30.5 Å². The van der Waals surface area contributed by atoms with Crippen molar-refractivity contribution in [2.75, 3.05) is 0 Å². The topological polar surface area (TPSA) is 69.6 Å². The fourth-order valence-corrected chi connectivity index (χ4v) is 3.57. The van der Waals surface area contributed by atoms with Crippen LogP contribution >= 0.6 is 0 Å². The molecular weight excluding hydrogens is 350 g/mol. The predicted octanol–water partition coefficient (Wildman–Crippen LogP) is 3.79. The first kappa shape index (κ1) is 19.8. The number of rotatable bonds is 7. The Morgan fingerprint density at radius 2 is 1.07 bits per heavy atom. The van der Waals surface area contributed by atoms with Crippen LogP contribution in [0.25, 0.3) is 0 Å². The molecule has 144 valence electrons. The second-order valence-corrected chi connectivity index (χ2v) is 7.42. The normalized spacial score (nSPS) is 13.1. The van der Waals surface area contributed by atoms with Gasteiger partial charge in [0, 0.05) is 0 Å². The molecule has 3 aromatic rings. The fourth-order valence-electron chi connectivity index (χ4n) is 3.57. The molecule has 3 rings (SSSR count). The van der Waals surface area contributed by atoms with Crippen LogP contribution in [-0.2, 0) is 10.3 Å². The smallest absolute Gasteiger partial charge is 0.323 e. The van der Waals surface area contributed by atoms with Crippen molar-refractivity contribution in [1.29, 1.82) is 0 Å². The summed E-state index contributed by atoms with van der Waals surface area (Å²) in [5.41, 5.74) is 0.246. The van der Waals surface area contributed by atoms with Crippen LogP contribution in [0.2, 0.25) is 0 Å². The van der Waals surface area contributed by atoms with Gasteiger partial charge in [0.25, 0.3) is 0 Å². The van der Waals surface area contributed by atoms with E-state index >= 15 is 0 Å². The van der Waals surface area contributed by atoms with E-state index in [2.05, 4.69) is 5.32 Å². The molecule has 4 nitrogen and oxygen atoms in total. The summed E-state index contributed by atoms with van der Waals surface area (Å²) in [7, 11) is 0. The van der Waals surface area contributed by atoms with Gasteiger partial charge in [-0.25, -0.2) is 0 Å². The highest BCUT2D eigenvalue weighted by atomic mass is 16.4. The Hall–Kier alpha value is -2.95. The molecule has 0 radical (unpaired) electrons. The lowest BCUT2D eigenvalue weighted by Gasteiger charge is -2.41. The molecule has 0 amide bonds. The molecule has 3 aromatic carbocycles. The zero-order valence-electron chi connectivity index (χ0n) is 16.0. The van der Waals surface area contributed by atoms with Crippen molar-refractivity contribution >= 4 is 5.97 Å².